The highest BCUT2D eigenvalue weighted by Crippen LogP contribution is 1.92. The number of carbonyl (C=O) groups is 4. The van der Waals surface area contributed by atoms with Crippen LogP contribution in [0.3, 0.4) is 0 Å². The van der Waals surface area contributed by atoms with Gasteiger partial charge in [0.15, 0.2) is 0 Å². The van der Waals surface area contributed by atoms with Crippen LogP contribution in [0.25, 0.3) is 0 Å². The number of carboxylic acid groups (broad SMARTS) is 1. The number of hydrogen-bond donors (Lipinski definition) is 1. The molecule has 0 spiro atoms. The second-order valence-electron chi connectivity index (χ2n) is 1.91. The molecule has 1 aliphatic heterocycles. The van der Waals surface area contributed by atoms with Crippen LogP contribution in [-0.2, 0) is 23.9 Å². The number of ether oxygens (including phenoxy) is 1. The maximum absolute atomic E-state index is 9.92. The summed E-state index contributed by atoms with van der Waals surface area (Å²) in [7, 11) is 0. The maximum atomic E-state index is 9.92. The van der Waals surface area contributed by atoms with Gasteiger partial charge in [-0.25, -0.2) is 14.4 Å². The van der Waals surface area contributed by atoms with Crippen molar-refractivity contribution >= 4 is 24.2 Å². The Morgan fingerprint density at radius 1 is 1.29 bits per heavy atom. The largest absolute Gasteiger partial charge is 0.478 e. The zero-order chi connectivity index (χ0) is 11.0. The highest BCUT2D eigenvalue weighted by atomic mass is 16.6. The number of cyclic esters (lactones) is 2. The molecule has 0 aromatic rings. The van der Waals surface area contributed by atoms with E-state index in [1.807, 2.05) is 0 Å². The third-order valence-corrected chi connectivity index (χ3v) is 0.874. The Morgan fingerprint density at radius 2 is 1.79 bits per heavy atom. The topological polar surface area (TPSA) is 97.7 Å². The first-order valence-electron chi connectivity index (χ1n) is 3.35. The van der Waals surface area contributed by atoms with Crippen LogP contribution in [0.2, 0.25) is 0 Å². The van der Waals surface area contributed by atoms with E-state index in [4.69, 9.17) is 5.11 Å². The Hall–Kier alpha value is -2.24. The Kier molecular flexibility index (Phi) is 5.29. The van der Waals surface area contributed by atoms with Gasteiger partial charge in [-0.2, -0.15) is 0 Å². The first-order chi connectivity index (χ1) is 6.56. The molecule has 6 nitrogen and oxygen atoms in total. The number of esters is 2. The second kappa shape index (κ2) is 6.30. The molecule has 0 bridgehead atoms. The van der Waals surface area contributed by atoms with Crippen molar-refractivity contribution in [3.8, 4) is 0 Å². The van der Waals surface area contributed by atoms with Gasteiger partial charge >= 0.3 is 17.9 Å². The average Bonchev–Trinajstić information content (AvgIpc) is 2.47. The molecule has 1 aliphatic rings. The molecule has 6 heteroatoms. The van der Waals surface area contributed by atoms with Crippen molar-refractivity contribution < 1.29 is 29.0 Å². The van der Waals surface area contributed by atoms with E-state index in [0.29, 0.717) is 6.29 Å². The Labute approximate surface area is 78.5 Å². The molecule has 0 amide bonds. The molecule has 0 aliphatic carbocycles. The smallest absolute Gasteiger partial charge is 0.338 e. The molecular weight excluding hydrogens is 192 g/mol. The lowest BCUT2D eigenvalue weighted by Crippen LogP contribution is -1.96. The molecular formula is C8H6O6. The number of carbonyl (C=O) groups excluding carboxylic acids is 3. The van der Waals surface area contributed by atoms with E-state index < -0.39 is 17.9 Å². The number of carboxylic acids is 1. The Balaban J connectivity index is 0.000000241. The van der Waals surface area contributed by atoms with Crippen molar-refractivity contribution in [3.63, 3.8) is 0 Å². The third kappa shape index (κ3) is 6.47. The highest BCUT2D eigenvalue weighted by molar-refractivity contribution is 6.04. The van der Waals surface area contributed by atoms with Gasteiger partial charge in [-0.15, -0.1) is 0 Å². The summed E-state index contributed by atoms with van der Waals surface area (Å²) in [6.07, 6.45) is 4.27. The van der Waals surface area contributed by atoms with Crippen molar-refractivity contribution in [1.29, 1.82) is 0 Å². The number of rotatable bonds is 2. The van der Waals surface area contributed by atoms with Crippen LogP contribution < -0.4 is 0 Å². The summed E-state index contributed by atoms with van der Waals surface area (Å²) in [6.45, 7) is 0. The highest BCUT2D eigenvalue weighted by Gasteiger charge is 2.10. The number of aldehydes is 1. The molecule has 0 radical (unpaired) electrons. The van der Waals surface area contributed by atoms with E-state index in [2.05, 4.69) is 4.74 Å². The van der Waals surface area contributed by atoms with Crippen LogP contribution >= 0.6 is 0 Å². The fourth-order valence-corrected chi connectivity index (χ4v) is 0.425. The van der Waals surface area contributed by atoms with Crippen LogP contribution in [0.5, 0.6) is 0 Å². The van der Waals surface area contributed by atoms with Gasteiger partial charge in [0.05, 0.1) is 0 Å². The predicted molar refractivity (Wildman–Crippen MR) is 43.1 cm³/mol. The molecule has 0 unspecified atom stereocenters. The zero-order valence-corrected chi connectivity index (χ0v) is 6.88. The van der Waals surface area contributed by atoms with E-state index in [-0.39, 0.29) is 0 Å². The standard InChI is InChI=1S/C4H2O3.C4H4O3/c5-3-1-2-4(6)7-3;5-3-1-2-4(6)7/h1-2H;1-3H,(H,6,7). The van der Waals surface area contributed by atoms with Gasteiger partial charge in [0.25, 0.3) is 0 Å². The van der Waals surface area contributed by atoms with Crippen LogP contribution in [0, 0.1) is 0 Å². The van der Waals surface area contributed by atoms with E-state index in [9.17, 15) is 19.2 Å². The fourth-order valence-electron chi connectivity index (χ4n) is 0.425. The quantitative estimate of drug-likeness (QED) is 0.277. The van der Waals surface area contributed by atoms with Gasteiger partial charge in [0, 0.05) is 18.2 Å². The number of allylic oxidation sites excluding steroid dienone is 1. The predicted octanol–water partition coefficient (Wildman–Crippen LogP) is -0.548. The van der Waals surface area contributed by atoms with Crippen LogP contribution in [0.15, 0.2) is 24.3 Å². The van der Waals surface area contributed by atoms with Gasteiger partial charge in [-0.05, 0) is 6.08 Å². The van der Waals surface area contributed by atoms with Crippen LogP contribution in [0.1, 0.15) is 0 Å². The molecule has 1 N–H and O–H groups in total. The SMILES string of the molecule is O=C1C=CC(=O)O1.O=CC=CC(=O)O. The average molecular weight is 198 g/mol. The lowest BCUT2D eigenvalue weighted by atomic mass is 10.5. The Morgan fingerprint density at radius 3 is 1.93 bits per heavy atom. The molecule has 0 fully saturated rings. The van der Waals surface area contributed by atoms with Gasteiger partial charge in [0.1, 0.15) is 6.29 Å². The summed E-state index contributed by atoms with van der Waals surface area (Å²) in [6, 6.07) is 0. The normalized spacial score (nSPS) is 13.4. The molecule has 0 saturated carbocycles. The van der Waals surface area contributed by atoms with Crippen molar-refractivity contribution in [2.45, 2.75) is 0 Å². The van der Waals surface area contributed by atoms with Crippen molar-refractivity contribution in [1.82, 2.24) is 0 Å². The number of aliphatic carboxylic acids is 1. The second-order valence-corrected chi connectivity index (χ2v) is 1.91. The minimum atomic E-state index is -1.10. The molecule has 74 valence electrons. The van der Waals surface area contributed by atoms with E-state index in [1.165, 1.54) is 0 Å². The van der Waals surface area contributed by atoms with E-state index in [0.717, 1.165) is 24.3 Å². The lowest BCUT2D eigenvalue weighted by Gasteiger charge is -1.80. The summed E-state index contributed by atoms with van der Waals surface area (Å²) in [5.41, 5.74) is 0. The minimum absolute atomic E-state index is 0.411. The Bertz CT molecular complexity index is 296. The van der Waals surface area contributed by atoms with E-state index in [1.54, 1.807) is 0 Å². The molecule has 0 aromatic carbocycles. The van der Waals surface area contributed by atoms with Crippen LogP contribution in [0.4, 0.5) is 0 Å². The first-order valence-corrected chi connectivity index (χ1v) is 3.35. The lowest BCUT2D eigenvalue weighted by molar-refractivity contribution is -0.150. The zero-order valence-electron chi connectivity index (χ0n) is 6.88. The molecule has 0 saturated heterocycles. The number of hydrogen-bond acceptors (Lipinski definition) is 5. The molecule has 1 rings (SSSR count). The van der Waals surface area contributed by atoms with E-state index >= 15 is 0 Å². The summed E-state index contributed by atoms with van der Waals surface area (Å²) in [5, 5.41) is 7.80. The van der Waals surface area contributed by atoms with Crippen molar-refractivity contribution in [2.75, 3.05) is 0 Å². The van der Waals surface area contributed by atoms with Crippen molar-refractivity contribution in [3.05, 3.63) is 24.3 Å². The van der Waals surface area contributed by atoms with Gasteiger partial charge in [-0.3, -0.25) is 4.79 Å². The van der Waals surface area contributed by atoms with Crippen molar-refractivity contribution in [2.24, 2.45) is 0 Å². The van der Waals surface area contributed by atoms with Crippen LogP contribution in [-0.4, -0.2) is 29.3 Å². The molecule has 0 atom stereocenters. The summed E-state index contributed by atoms with van der Waals surface area (Å²) >= 11 is 0. The summed E-state index contributed by atoms with van der Waals surface area (Å²) in [5.74, 6) is -2.26. The fraction of sp³-hybridized carbons (Fsp3) is 0. The molecule has 14 heavy (non-hydrogen) atoms. The van der Waals surface area contributed by atoms with Gasteiger partial charge < -0.3 is 9.84 Å². The van der Waals surface area contributed by atoms with Gasteiger partial charge in [-0.1, -0.05) is 0 Å². The minimum Gasteiger partial charge on any atom is -0.478 e. The summed E-state index contributed by atoms with van der Waals surface area (Å²) < 4.78 is 3.97. The van der Waals surface area contributed by atoms with Gasteiger partial charge in [0.2, 0.25) is 0 Å². The third-order valence-electron chi connectivity index (χ3n) is 0.874. The maximum Gasteiger partial charge on any atom is 0.338 e. The molecule has 1 heterocycles. The monoisotopic (exact) mass is 198 g/mol. The molecule has 0 aromatic heterocycles. The first kappa shape index (κ1) is 11.8. The summed E-state index contributed by atoms with van der Waals surface area (Å²) in [4.78, 5) is 38.7.